The normalized spacial score (nSPS) is 11.4. The Balaban J connectivity index is 2.34. The Hall–Kier alpha value is -1.80. The molecule has 3 N–H and O–H groups in total. The smallest absolute Gasteiger partial charge is 0.263 e. The molecule has 9 heteroatoms. The summed E-state index contributed by atoms with van der Waals surface area (Å²) in [6.07, 6.45) is 1.26. The third-order valence-electron chi connectivity index (χ3n) is 2.84. The first-order valence-electron chi connectivity index (χ1n) is 6.29. The van der Waals surface area contributed by atoms with Crippen molar-refractivity contribution >= 4 is 33.1 Å². The molecule has 0 saturated heterocycles. The SMILES string of the molecule is CCNc1ncc(S(=O)(=O)Nc2c(C)n[nH]c2C)cc1Cl. The number of nitrogens with one attached hydrogen (secondary N) is 3. The van der Waals surface area contributed by atoms with Crippen molar-refractivity contribution in [1.82, 2.24) is 15.2 Å². The van der Waals surface area contributed by atoms with Gasteiger partial charge in [0.2, 0.25) is 0 Å². The summed E-state index contributed by atoms with van der Waals surface area (Å²) < 4.78 is 27.2. The molecule has 2 rings (SSSR count). The summed E-state index contributed by atoms with van der Waals surface area (Å²) in [6.45, 7) is 5.98. The lowest BCUT2D eigenvalue weighted by Gasteiger charge is -2.10. The quantitative estimate of drug-likeness (QED) is 0.781. The monoisotopic (exact) mass is 329 g/mol. The zero-order valence-corrected chi connectivity index (χ0v) is 13.4. The van der Waals surface area contributed by atoms with Crippen molar-refractivity contribution in [2.75, 3.05) is 16.6 Å². The van der Waals surface area contributed by atoms with E-state index in [4.69, 9.17) is 11.6 Å². The van der Waals surface area contributed by atoms with Crippen LogP contribution in [-0.2, 0) is 10.0 Å². The second kappa shape index (κ2) is 5.90. The molecule has 0 aromatic carbocycles. The highest BCUT2D eigenvalue weighted by molar-refractivity contribution is 7.92. The van der Waals surface area contributed by atoms with Crippen molar-refractivity contribution in [3.8, 4) is 0 Å². The van der Waals surface area contributed by atoms with Gasteiger partial charge >= 0.3 is 0 Å². The summed E-state index contributed by atoms with van der Waals surface area (Å²) in [5.41, 5.74) is 1.64. The van der Waals surface area contributed by atoms with Crippen LogP contribution in [0.15, 0.2) is 17.2 Å². The molecule has 0 aliphatic heterocycles. The zero-order valence-electron chi connectivity index (χ0n) is 11.9. The maximum atomic E-state index is 12.4. The van der Waals surface area contributed by atoms with E-state index in [-0.39, 0.29) is 9.92 Å². The Morgan fingerprint density at radius 1 is 1.38 bits per heavy atom. The Bertz CT molecular complexity index is 738. The van der Waals surface area contributed by atoms with Gasteiger partial charge in [-0.25, -0.2) is 13.4 Å². The Labute approximate surface area is 128 Å². The zero-order chi connectivity index (χ0) is 15.6. The van der Waals surface area contributed by atoms with E-state index in [1.54, 1.807) is 13.8 Å². The van der Waals surface area contributed by atoms with E-state index in [1.165, 1.54) is 12.3 Å². The number of sulfonamides is 1. The summed E-state index contributed by atoms with van der Waals surface area (Å²) in [4.78, 5) is 4.02. The van der Waals surface area contributed by atoms with Crippen LogP contribution in [0, 0.1) is 13.8 Å². The van der Waals surface area contributed by atoms with E-state index >= 15 is 0 Å². The van der Waals surface area contributed by atoms with Gasteiger partial charge in [0.25, 0.3) is 10.0 Å². The summed E-state index contributed by atoms with van der Waals surface area (Å²) in [5, 5.41) is 9.86. The van der Waals surface area contributed by atoms with Crippen LogP contribution in [-0.4, -0.2) is 30.1 Å². The van der Waals surface area contributed by atoms with Crippen LogP contribution in [0.3, 0.4) is 0 Å². The second-order valence-corrected chi connectivity index (χ2v) is 6.54. The fraction of sp³-hybridized carbons (Fsp3) is 0.333. The van der Waals surface area contributed by atoms with Gasteiger partial charge in [-0.15, -0.1) is 0 Å². The first-order chi connectivity index (χ1) is 9.85. The van der Waals surface area contributed by atoms with Crippen molar-refractivity contribution in [3.05, 3.63) is 28.7 Å². The summed E-state index contributed by atoms with van der Waals surface area (Å²) >= 11 is 6.02. The Morgan fingerprint density at radius 3 is 2.62 bits per heavy atom. The molecular formula is C12H16ClN5O2S. The maximum Gasteiger partial charge on any atom is 0.263 e. The highest BCUT2D eigenvalue weighted by atomic mass is 35.5. The second-order valence-electron chi connectivity index (χ2n) is 4.45. The van der Waals surface area contributed by atoms with E-state index < -0.39 is 10.0 Å². The number of pyridine rings is 1. The molecule has 0 radical (unpaired) electrons. The summed E-state index contributed by atoms with van der Waals surface area (Å²) in [7, 11) is -3.77. The van der Waals surface area contributed by atoms with Gasteiger partial charge in [0.1, 0.15) is 10.7 Å². The molecular weight excluding hydrogens is 314 g/mol. The van der Waals surface area contributed by atoms with Crippen LogP contribution in [0.5, 0.6) is 0 Å². The minimum atomic E-state index is -3.77. The number of aromatic amines is 1. The molecule has 2 heterocycles. The van der Waals surface area contributed by atoms with Gasteiger partial charge in [-0.3, -0.25) is 9.82 Å². The summed E-state index contributed by atoms with van der Waals surface area (Å²) in [6, 6.07) is 1.36. The number of anilines is 2. The minimum Gasteiger partial charge on any atom is -0.369 e. The number of aromatic nitrogens is 3. The van der Waals surface area contributed by atoms with Crippen molar-refractivity contribution in [1.29, 1.82) is 0 Å². The Morgan fingerprint density at radius 2 is 2.10 bits per heavy atom. The molecule has 0 aliphatic rings. The molecule has 7 nitrogen and oxygen atoms in total. The molecule has 2 aromatic rings. The van der Waals surface area contributed by atoms with Gasteiger partial charge in [-0.05, 0) is 26.8 Å². The molecule has 0 amide bonds. The first-order valence-corrected chi connectivity index (χ1v) is 8.15. The first kappa shape index (κ1) is 15.6. The lowest BCUT2D eigenvalue weighted by Crippen LogP contribution is -2.14. The molecule has 0 unspecified atom stereocenters. The van der Waals surface area contributed by atoms with Gasteiger partial charge < -0.3 is 5.32 Å². The van der Waals surface area contributed by atoms with Gasteiger partial charge in [0.15, 0.2) is 0 Å². The van der Waals surface area contributed by atoms with Crippen LogP contribution in [0.1, 0.15) is 18.3 Å². The van der Waals surface area contributed by atoms with E-state index in [9.17, 15) is 8.42 Å². The third kappa shape index (κ3) is 3.27. The molecule has 0 atom stereocenters. The lowest BCUT2D eigenvalue weighted by atomic mass is 10.3. The number of halogens is 1. The van der Waals surface area contributed by atoms with Gasteiger partial charge in [0.05, 0.1) is 22.1 Å². The molecule has 0 spiro atoms. The molecule has 0 aliphatic carbocycles. The van der Waals surface area contributed by atoms with Crippen LogP contribution in [0.25, 0.3) is 0 Å². The topological polar surface area (TPSA) is 99.8 Å². The third-order valence-corrected chi connectivity index (χ3v) is 4.44. The summed E-state index contributed by atoms with van der Waals surface area (Å²) in [5.74, 6) is 0.453. The van der Waals surface area contributed by atoms with E-state index in [1.807, 2.05) is 6.92 Å². The van der Waals surface area contributed by atoms with Gasteiger partial charge in [0, 0.05) is 12.7 Å². The number of rotatable bonds is 5. The van der Waals surface area contributed by atoms with Crippen molar-refractivity contribution in [3.63, 3.8) is 0 Å². The molecule has 114 valence electrons. The molecule has 0 bridgehead atoms. The molecule has 21 heavy (non-hydrogen) atoms. The largest absolute Gasteiger partial charge is 0.369 e. The maximum absolute atomic E-state index is 12.4. The highest BCUT2D eigenvalue weighted by Crippen LogP contribution is 2.25. The van der Waals surface area contributed by atoms with Crippen LogP contribution >= 0.6 is 11.6 Å². The molecule has 2 aromatic heterocycles. The average molecular weight is 330 g/mol. The highest BCUT2D eigenvalue weighted by Gasteiger charge is 2.19. The van der Waals surface area contributed by atoms with Crippen LogP contribution in [0.2, 0.25) is 5.02 Å². The molecule has 0 fully saturated rings. The molecule has 0 saturated carbocycles. The average Bonchev–Trinajstić information content (AvgIpc) is 2.72. The fourth-order valence-corrected chi connectivity index (χ4v) is 3.21. The number of aryl methyl sites for hydroxylation is 2. The number of nitrogens with zero attached hydrogens (tertiary/aromatic N) is 2. The number of hydrogen-bond donors (Lipinski definition) is 3. The standard InChI is InChI=1S/C12H16ClN5O2S/c1-4-14-12-10(13)5-9(6-15-12)21(19,20)18-11-7(2)16-17-8(11)3/h5-6,18H,4H2,1-3H3,(H,14,15)(H,16,17). The van der Waals surface area contributed by atoms with Crippen LogP contribution in [0.4, 0.5) is 11.5 Å². The van der Waals surface area contributed by atoms with E-state index in [2.05, 4.69) is 25.2 Å². The van der Waals surface area contributed by atoms with Gasteiger partial charge in [-0.1, -0.05) is 11.6 Å². The van der Waals surface area contributed by atoms with Crippen LogP contribution < -0.4 is 10.0 Å². The minimum absolute atomic E-state index is 0.00541. The predicted molar refractivity (Wildman–Crippen MR) is 82.3 cm³/mol. The van der Waals surface area contributed by atoms with E-state index in [0.717, 1.165) is 0 Å². The van der Waals surface area contributed by atoms with E-state index in [0.29, 0.717) is 29.4 Å². The Kier molecular flexibility index (Phi) is 4.38. The fourth-order valence-electron chi connectivity index (χ4n) is 1.76. The number of hydrogen-bond acceptors (Lipinski definition) is 5. The lowest BCUT2D eigenvalue weighted by molar-refractivity contribution is 0.600. The number of H-pyrrole nitrogens is 1. The van der Waals surface area contributed by atoms with Crippen molar-refractivity contribution in [2.24, 2.45) is 0 Å². The van der Waals surface area contributed by atoms with Gasteiger partial charge in [-0.2, -0.15) is 5.10 Å². The predicted octanol–water partition coefficient (Wildman–Crippen LogP) is 2.31. The van der Waals surface area contributed by atoms with Crippen molar-refractivity contribution in [2.45, 2.75) is 25.7 Å². The van der Waals surface area contributed by atoms with Crippen molar-refractivity contribution < 1.29 is 8.42 Å².